The van der Waals surface area contributed by atoms with E-state index in [1.54, 1.807) is 18.3 Å². The molecule has 0 aliphatic rings. The zero-order chi connectivity index (χ0) is 26.2. The van der Waals surface area contributed by atoms with Gasteiger partial charge in [0.2, 0.25) is 17.7 Å². The normalized spacial score (nSPS) is 13.4. The Morgan fingerprint density at radius 2 is 1.67 bits per heavy atom. The lowest BCUT2D eigenvalue weighted by Crippen LogP contribution is -2.54. The van der Waals surface area contributed by atoms with Gasteiger partial charge in [-0.05, 0) is 42.7 Å². The fraction of sp³-hybridized carbons (Fsp3) is 0.280. The van der Waals surface area contributed by atoms with Gasteiger partial charge in [0, 0.05) is 23.5 Å². The smallest absolute Gasteiger partial charge is 0.325 e. The minimum absolute atomic E-state index is 0.0917. The number of fused-ring (bicyclic) bond motifs is 1. The molecule has 0 spiro atoms. The lowest BCUT2D eigenvalue weighted by atomic mass is 10.0. The van der Waals surface area contributed by atoms with Gasteiger partial charge < -0.3 is 36.9 Å². The molecular formula is C25H29N5O6. The molecule has 11 nitrogen and oxygen atoms in total. The van der Waals surface area contributed by atoms with E-state index in [2.05, 4.69) is 20.9 Å². The molecule has 3 amide bonds. The summed E-state index contributed by atoms with van der Waals surface area (Å²) in [6.45, 7) is 0.841. The predicted octanol–water partition coefficient (Wildman–Crippen LogP) is 0.176. The number of carboxylic acid groups (broad SMARTS) is 1. The molecule has 3 unspecified atom stereocenters. The van der Waals surface area contributed by atoms with Crippen molar-refractivity contribution < 1.29 is 29.4 Å². The Balaban J connectivity index is 1.71. The van der Waals surface area contributed by atoms with Crippen LogP contribution < -0.4 is 21.7 Å². The lowest BCUT2D eigenvalue weighted by molar-refractivity contribution is -0.141. The molecule has 0 radical (unpaired) electrons. The van der Waals surface area contributed by atoms with E-state index >= 15 is 0 Å². The fourth-order valence-electron chi connectivity index (χ4n) is 3.63. The summed E-state index contributed by atoms with van der Waals surface area (Å²) in [5.74, 6) is -2.98. The average molecular weight is 496 g/mol. The highest BCUT2D eigenvalue weighted by atomic mass is 16.4. The van der Waals surface area contributed by atoms with Crippen LogP contribution in [0.25, 0.3) is 10.9 Å². The predicted molar refractivity (Wildman–Crippen MR) is 132 cm³/mol. The molecule has 3 rings (SSSR count). The van der Waals surface area contributed by atoms with E-state index in [1.807, 2.05) is 24.3 Å². The largest absolute Gasteiger partial charge is 0.508 e. The van der Waals surface area contributed by atoms with Crippen molar-refractivity contribution in [1.82, 2.24) is 20.9 Å². The van der Waals surface area contributed by atoms with E-state index in [1.165, 1.54) is 19.1 Å². The molecule has 0 saturated carbocycles. The Morgan fingerprint density at radius 3 is 2.36 bits per heavy atom. The van der Waals surface area contributed by atoms with Gasteiger partial charge in [-0.3, -0.25) is 19.2 Å². The van der Waals surface area contributed by atoms with E-state index in [-0.39, 0.29) is 18.6 Å². The van der Waals surface area contributed by atoms with E-state index in [4.69, 9.17) is 10.8 Å². The molecule has 8 N–H and O–H groups in total. The molecule has 1 heterocycles. The molecule has 0 aliphatic heterocycles. The number of hydrogen-bond donors (Lipinski definition) is 7. The summed E-state index contributed by atoms with van der Waals surface area (Å²) >= 11 is 0. The van der Waals surface area contributed by atoms with Gasteiger partial charge in [0.15, 0.2) is 0 Å². The van der Waals surface area contributed by atoms with Crippen LogP contribution >= 0.6 is 0 Å². The number of benzene rings is 2. The van der Waals surface area contributed by atoms with Crippen molar-refractivity contribution in [2.75, 3.05) is 6.54 Å². The first-order valence-electron chi connectivity index (χ1n) is 11.3. The van der Waals surface area contributed by atoms with Gasteiger partial charge in [0.1, 0.15) is 17.8 Å². The molecule has 0 saturated heterocycles. The zero-order valence-electron chi connectivity index (χ0n) is 19.7. The zero-order valence-corrected chi connectivity index (χ0v) is 19.7. The number of carbonyl (C=O) groups excluding carboxylic acids is 3. The third-order valence-corrected chi connectivity index (χ3v) is 5.63. The third-order valence-electron chi connectivity index (χ3n) is 5.63. The first kappa shape index (κ1) is 26.2. The van der Waals surface area contributed by atoms with Crippen molar-refractivity contribution >= 4 is 34.6 Å². The number of nitrogens with two attached hydrogens (primary N) is 1. The van der Waals surface area contributed by atoms with E-state index < -0.39 is 48.4 Å². The maximum atomic E-state index is 13.0. The average Bonchev–Trinajstić information content (AvgIpc) is 3.26. The van der Waals surface area contributed by atoms with Crippen LogP contribution in [0, 0.1) is 0 Å². The van der Waals surface area contributed by atoms with Crippen LogP contribution in [0.2, 0.25) is 0 Å². The highest BCUT2D eigenvalue weighted by molar-refractivity contribution is 5.93. The minimum Gasteiger partial charge on any atom is -0.508 e. The molecule has 190 valence electrons. The lowest BCUT2D eigenvalue weighted by Gasteiger charge is -2.21. The number of phenols is 1. The number of carbonyl (C=O) groups is 4. The number of nitrogens with one attached hydrogen (secondary N) is 4. The second-order valence-corrected chi connectivity index (χ2v) is 8.45. The number of aromatic hydroxyl groups is 1. The Kier molecular flexibility index (Phi) is 8.63. The van der Waals surface area contributed by atoms with Crippen LogP contribution in [-0.2, 0) is 32.0 Å². The van der Waals surface area contributed by atoms with Gasteiger partial charge >= 0.3 is 5.97 Å². The first-order chi connectivity index (χ1) is 17.1. The van der Waals surface area contributed by atoms with Gasteiger partial charge in [-0.1, -0.05) is 30.3 Å². The Labute approximate surface area is 207 Å². The third kappa shape index (κ3) is 7.06. The van der Waals surface area contributed by atoms with Crippen LogP contribution in [-0.4, -0.2) is 63.6 Å². The van der Waals surface area contributed by atoms with Gasteiger partial charge in [0.05, 0.1) is 12.6 Å². The summed E-state index contributed by atoms with van der Waals surface area (Å²) in [5, 5.41) is 26.6. The van der Waals surface area contributed by atoms with Crippen LogP contribution in [0.4, 0.5) is 0 Å². The maximum absolute atomic E-state index is 13.0. The molecule has 0 bridgehead atoms. The number of rotatable bonds is 11. The van der Waals surface area contributed by atoms with Crippen molar-refractivity contribution in [3.63, 3.8) is 0 Å². The molecule has 0 aliphatic carbocycles. The summed E-state index contributed by atoms with van der Waals surface area (Å²) < 4.78 is 0. The van der Waals surface area contributed by atoms with E-state index in [0.29, 0.717) is 0 Å². The summed E-state index contributed by atoms with van der Waals surface area (Å²) in [7, 11) is 0. The SMILES string of the molecule is CC(NC(=O)CNC(=O)C(Cc1c[nH]c2ccccc12)NC(=O)C(N)Cc1ccc(O)cc1)C(=O)O. The second-order valence-electron chi connectivity index (χ2n) is 8.45. The number of phenolic OH excluding ortho intramolecular Hbond substituents is 1. The second kappa shape index (κ2) is 11.8. The number of aliphatic carboxylic acids is 1. The summed E-state index contributed by atoms with van der Waals surface area (Å²) in [6, 6.07) is 10.6. The molecular weight excluding hydrogens is 466 g/mol. The fourth-order valence-corrected chi connectivity index (χ4v) is 3.63. The monoisotopic (exact) mass is 495 g/mol. The number of H-pyrrole nitrogens is 1. The van der Waals surface area contributed by atoms with Crippen molar-refractivity contribution in [2.45, 2.75) is 37.9 Å². The number of aromatic nitrogens is 1. The Morgan fingerprint density at radius 1 is 0.972 bits per heavy atom. The van der Waals surface area contributed by atoms with Crippen LogP contribution in [0.1, 0.15) is 18.1 Å². The van der Waals surface area contributed by atoms with Gasteiger partial charge in [-0.15, -0.1) is 0 Å². The minimum atomic E-state index is -1.21. The van der Waals surface area contributed by atoms with Crippen LogP contribution in [0.5, 0.6) is 5.75 Å². The van der Waals surface area contributed by atoms with Crippen molar-refractivity contribution in [3.05, 3.63) is 65.9 Å². The molecule has 11 heteroatoms. The molecule has 36 heavy (non-hydrogen) atoms. The first-order valence-corrected chi connectivity index (χ1v) is 11.3. The molecule has 1 aromatic heterocycles. The molecule has 3 atom stereocenters. The number of hydrogen-bond acceptors (Lipinski definition) is 6. The molecule has 0 fully saturated rings. The summed E-state index contributed by atoms with van der Waals surface area (Å²) in [4.78, 5) is 51.9. The summed E-state index contributed by atoms with van der Waals surface area (Å²) in [5.41, 5.74) is 8.45. The van der Waals surface area contributed by atoms with E-state index in [0.717, 1.165) is 22.0 Å². The van der Waals surface area contributed by atoms with Crippen LogP contribution in [0.15, 0.2) is 54.7 Å². The van der Waals surface area contributed by atoms with Crippen molar-refractivity contribution in [3.8, 4) is 5.75 Å². The quantitative estimate of drug-likeness (QED) is 0.198. The number of aromatic amines is 1. The standard InChI is InChI=1S/C25H29N5O6/c1-14(25(35)36)29-22(32)13-28-24(34)21(11-16-12-27-20-5-3-2-4-18(16)20)30-23(33)19(26)10-15-6-8-17(31)9-7-15/h2-9,12,14,19,21,27,31H,10-11,13,26H2,1H3,(H,28,34)(H,29,32)(H,30,33)(H,35,36). The van der Waals surface area contributed by atoms with Crippen molar-refractivity contribution in [2.24, 2.45) is 5.73 Å². The van der Waals surface area contributed by atoms with Gasteiger partial charge in [-0.2, -0.15) is 0 Å². The number of carboxylic acids is 1. The van der Waals surface area contributed by atoms with Crippen LogP contribution in [0.3, 0.4) is 0 Å². The summed E-state index contributed by atoms with van der Waals surface area (Å²) in [6.07, 6.45) is 2.05. The topological polar surface area (TPSA) is 187 Å². The number of para-hydroxylation sites is 1. The molecule has 2 aromatic carbocycles. The van der Waals surface area contributed by atoms with E-state index in [9.17, 15) is 24.3 Å². The Hall–Kier alpha value is -4.38. The van der Waals surface area contributed by atoms with Crippen molar-refractivity contribution in [1.29, 1.82) is 0 Å². The maximum Gasteiger partial charge on any atom is 0.325 e. The van der Waals surface area contributed by atoms with Gasteiger partial charge in [0.25, 0.3) is 0 Å². The molecule has 3 aromatic rings. The Bertz CT molecular complexity index is 1240. The highest BCUT2D eigenvalue weighted by Crippen LogP contribution is 2.19. The van der Waals surface area contributed by atoms with Gasteiger partial charge in [-0.25, -0.2) is 0 Å². The number of amides is 3. The highest BCUT2D eigenvalue weighted by Gasteiger charge is 2.26.